The van der Waals surface area contributed by atoms with Gasteiger partial charge in [-0.05, 0) is 28.8 Å². The first-order valence-electron chi connectivity index (χ1n) is 10.6. The molecule has 8 heteroatoms. The lowest BCUT2D eigenvalue weighted by Gasteiger charge is -2.43. The highest BCUT2D eigenvalue weighted by Gasteiger charge is 2.48. The summed E-state index contributed by atoms with van der Waals surface area (Å²) in [6.07, 6.45) is 0. The number of carbonyl (C=O) groups is 2. The quantitative estimate of drug-likeness (QED) is 0.258. The van der Waals surface area contributed by atoms with E-state index >= 15 is 0 Å². The first kappa shape index (κ1) is 21.7. The summed E-state index contributed by atoms with van der Waals surface area (Å²) < 4.78 is 10.9. The van der Waals surface area contributed by atoms with Crippen LogP contribution in [0.5, 0.6) is 5.75 Å². The minimum atomic E-state index is -0.745. The summed E-state index contributed by atoms with van der Waals surface area (Å²) in [5, 5.41) is 1.21. The average Bonchev–Trinajstić information content (AvgIpc) is 2.87. The van der Waals surface area contributed by atoms with Crippen molar-refractivity contribution in [3.63, 3.8) is 0 Å². The fourth-order valence-electron chi connectivity index (χ4n) is 3.95. The van der Waals surface area contributed by atoms with Crippen LogP contribution in [0.2, 0.25) is 0 Å². The summed E-state index contributed by atoms with van der Waals surface area (Å²) >= 11 is 6.17. The average molecular weight is 475 g/mol. The third-order valence-corrected chi connectivity index (χ3v) is 6.01. The first-order chi connectivity index (χ1) is 16.5. The van der Waals surface area contributed by atoms with Crippen LogP contribution in [0.4, 0.5) is 0 Å². The molecule has 0 bridgehead atoms. The predicted octanol–water partition coefficient (Wildman–Crippen LogP) is 4.06. The van der Waals surface area contributed by atoms with Gasteiger partial charge in [0.25, 0.3) is 11.8 Å². The Kier molecular flexibility index (Phi) is 5.77. The summed E-state index contributed by atoms with van der Waals surface area (Å²) in [4.78, 5) is 36.7. The van der Waals surface area contributed by atoms with Crippen molar-refractivity contribution in [2.75, 3.05) is 6.61 Å². The fraction of sp³-hybridized carbons (Fsp3) is 0.115. The van der Waals surface area contributed by atoms with Crippen LogP contribution in [-0.4, -0.2) is 28.8 Å². The molecule has 2 atom stereocenters. The van der Waals surface area contributed by atoms with E-state index in [2.05, 4.69) is 5.43 Å². The maximum Gasteiger partial charge on any atom is 0.336 e. The van der Waals surface area contributed by atoms with Crippen molar-refractivity contribution in [2.45, 2.75) is 11.4 Å². The summed E-state index contributed by atoms with van der Waals surface area (Å²) in [6, 6.07) is 24.8. The Balaban J connectivity index is 1.29. The van der Waals surface area contributed by atoms with Crippen molar-refractivity contribution in [2.24, 2.45) is 0 Å². The molecule has 2 heterocycles. The lowest BCUT2D eigenvalue weighted by atomic mass is 9.95. The van der Waals surface area contributed by atoms with Crippen molar-refractivity contribution in [1.82, 2.24) is 10.4 Å². The molecule has 2 unspecified atom stereocenters. The second kappa shape index (κ2) is 9.03. The molecule has 170 valence electrons. The summed E-state index contributed by atoms with van der Waals surface area (Å²) in [5.74, 6) is -0.553. The number of hydrazine groups is 1. The second-order valence-corrected chi connectivity index (χ2v) is 8.26. The molecule has 1 aliphatic rings. The number of β-lactam (4-membered cyclic amide) rings is 1. The van der Waals surface area contributed by atoms with Crippen LogP contribution in [0.15, 0.2) is 94.1 Å². The minimum Gasteiger partial charge on any atom is -0.484 e. The number of rotatable bonds is 6. The highest BCUT2D eigenvalue weighted by atomic mass is 35.5. The zero-order valence-corrected chi connectivity index (χ0v) is 18.6. The van der Waals surface area contributed by atoms with Gasteiger partial charge in [0.15, 0.2) is 6.61 Å². The van der Waals surface area contributed by atoms with Gasteiger partial charge in [-0.15, -0.1) is 11.6 Å². The Labute approximate surface area is 199 Å². The maximum absolute atomic E-state index is 12.5. The van der Waals surface area contributed by atoms with Crippen LogP contribution in [0.25, 0.3) is 22.1 Å². The number of alkyl halides is 1. The van der Waals surface area contributed by atoms with Gasteiger partial charge in [0, 0.05) is 17.5 Å². The molecule has 1 fully saturated rings. The predicted molar refractivity (Wildman–Crippen MR) is 127 cm³/mol. The molecule has 1 aliphatic heterocycles. The van der Waals surface area contributed by atoms with Crippen LogP contribution in [-0.2, 0) is 9.59 Å². The number of nitrogens with one attached hydrogen (secondary N) is 1. The molecule has 2 amide bonds. The monoisotopic (exact) mass is 474 g/mol. The Hall–Kier alpha value is -4.10. The zero-order chi connectivity index (χ0) is 23.7. The lowest BCUT2D eigenvalue weighted by Crippen LogP contribution is -2.63. The smallest absolute Gasteiger partial charge is 0.336 e. The van der Waals surface area contributed by atoms with Gasteiger partial charge in [-0.3, -0.25) is 15.0 Å². The molecular weight excluding hydrogens is 456 g/mol. The molecule has 0 aliphatic carbocycles. The molecule has 5 rings (SSSR count). The van der Waals surface area contributed by atoms with Crippen LogP contribution < -0.4 is 15.8 Å². The van der Waals surface area contributed by atoms with E-state index in [-0.39, 0.29) is 12.5 Å². The maximum atomic E-state index is 12.5. The Bertz CT molecular complexity index is 1420. The molecule has 0 saturated carbocycles. The van der Waals surface area contributed by atoms with E-state index in [1.165, 1.54) is 11.1 Å². The number of hydrogen-bond donors (Lipinski definition) is 1. The summed E-state index contributed by atoms with van der Waals surface area (Å²) in [7, 11) is 0. The molecule has 3 aromatic carbocycles. The number of benzene rings is 3. The van der Waals surface area contributed by atoms with Gasteiger partial charge in [0.05, 0.1) is 0 Å². The number of nitrogens with zero attached hydrogens (tertiary/aromatic N) is 1. The summed E-state index contributed by atoms with van der Waals surface area (Å²) in [5.41, 5.74) is 4.87. The number of ether oxygens (including phenoxy) is 1. The molecule has 1 saturated heterocycles. The van der Waals surface area contributed by atoms with Gasteiger partial charge < -0.3 is 9.15 Å². The van der Waals surface area contributed by atoms with Crippen LogP contribution in [0.3, 0.4) is 0 Å². The van der Waals surface area contributed by atoms with Crippen molar-refractivity contribution in [3.05, 3.63) is 101 Å². The van der Waals surface area contributed by atoms with Gasteiger partial charge >= 0.3 is 5.63 Å². The minimum absolute atomic E-state index is 0.341. The topological polar surface area (TPSA) is 88.8 Å². The molecule has 0 radical (unpaired) electrons. The van der Waals surface area contributed by atoms with E-state index in [1.54, 1.807) is 18.2 Å². The normalized spacial score (nSPS) is 17.3. The molecule has 1 aromatic heterocycles. The van der Waals surface area contributed by atoms with Gasteiger partial charge in [-0.25, -0.2) is 9.80 Å². The summed E-state index contributed by atoms with van der Waals surface area (Å²) in [6.45, 7) is -0.341. The van der Waals surface area contributed by atoms with Gasteiger partial charge in [0.2, 0.25) is 0 Å². The number of amides is 2. The van der Waals surface area contributed by atoms with E-state index in [0.717, 1.165) is 22.1 Å². The van der Waals surface area contributed by atoms with E-state index in [0.29, 0.717) is 11.3 Å². The fourth-order valence-corrected chi connectivity index (χ4v) is 4.31. The van der Waals surface area contributed by atoms with E-state index in [4.69, 9.17) is 20.8 Å². The largest absolute Gasteiger partial charge is 0.484 e. The second-order valence-electron chi connectivity index (χ2n) is 7.79. The van der Waals surface area contributed by atoms with Crippen molar-refractivity contribution >= 4 is 34.4 Å². The highest BCUT2D eigenvalue weighted by molar-refractivity contribution is 6.33. The standard InChI is InChI=1S/C26H19ClN2O5/c27-24-25(17-9-5-2-6-10-17)29(26(24)32)28-22(30)15-33-18-11-12-19-20(16-7-3-1-4-8-16)14-23(31)34-21(19)13-18/h1-14,24-25H,15H2,(H,28,30). The van der Waals surface area contributed by atoms with E-state index in [9.17, 15) is 14.4 Å². The number of halogens is 1. The van der Waals surface area contributed by atoms with Gasteiger partial charge in [-0.1, -0.05) is 60.7 Å². The third kappa shape index (κ3) is 4.13. The van der Waals surface area contributed by atoms with E-state index in [1.807, 2.05) is 60.7 Å². The Morgan fingerprint density at radius 3 is 2.41 bits per heavy atom. The molecule has 4 aromatic rings. The van der Waals surface area contributed by atoms with Crippen LogP contribution >= 0.6 is 11.6 Å². The Morgan fingerprint density at radius 1 is 0.971 bits per heavy atom. The number of carbonyl (C=O) groups excluding carboxylic acids is 2. The van der Waals surface area contributed by atoms with E-state index < -0.39 is 23.0 Å². The van der Waals surface area contributed by atoms with Gasteiger partial charge in [0.1, 0.15) is 22.8 Å². The number of fused-ring (bicyclic) bond motifs is 1. The van der Waals surface area contributed by atoms with Crippen LogP contribution in [0, 0.1) is 0 Å². The zero-order valence-electron chi connectivity index (χ0n) is 17.8. The van der Waals surface area contributed by atoms with Crippen molar-refractivity contribution < 1.29 is 18.7 Å². The molecule has 34 heavy (non-hydrogen) atoms. The Morgan fingerprint density at radius 2 is 1.68 bits per heavy atom. The van der Waals surface area contributed by atoms with Gasteiger partial charge in [-0.2, -0.15) is 0 Å². The first-order valence-corrected chi connectivity index (χ1v) is 11.0. The third-order valence-electron chi connectivity index (χ3n) is 5.59. The molecule has 7 nitrogen and oxygen atoms in total. The van der Waals surface area contributed by atoms with Crippen molar-refractivity contribution in [3.8, 4) is 16.9 Å². The van der Waals surface area contributed by atoms with Crippen LogP contribution in [0.1, 0.15) is 11.6 Å². The molecule has 0 spiro atoms. The SMILES string of the molecule is O=C(COc1ccc2c(-c3ccccc3)cc(=O)oc2c1)NN1C(=O)C(Cl)C1c1ccccc1. The lowest BCUT2D eigenvalue weighted by molar-refractivity contribution is -0.157. The molecular formula is C26H19ClN2O5. The number of hydrogen-bond acceptors (Lipinski definition) is 5. The molecule has 1 N–H and O–H groups in total. The highest BCUT2D eigenvalue weighted by Crippen LogP contribution is 2.36. The van der Waals surface area contributed by atoms with Crippen molar-refractivity contribution in [1.29, 1.82) is 0 Å².